The lowest BCUT2D eigenvalue weighted by molar-refractivity contribution is 0.305. The molecule has 0 amide bonds. The minimum Gasteiger partial charge on any atom is -0.494 e. The van der Waals surface area contributed by atoms with E-state index in [2.05, 4.69) is 34.1 Å². The van der Waals surface area contributed by atoms with Crippen molar-refractivity contribution in [3.05, 3.63) is 63.6 Å². The molecule has 0 spiro atoms. The van der Waals surface area contributed by atoms with E-state index in [4.69, 9.17) is 4.74 Å². The van der Waals surface area contributed by atoms with Gasteiger partial charge in [0.05, 0.1) is 6.61 Å². The SMILES string of the molecule is Brc1ccc(OCCCCCc2ccc3c(c2)CC3)cc1. The van der Waals surface area contributed by atoms with Gasteiger partial charge in [0.1, 0.15) is 5.75 Å². The van der Waals surface area contributed by atoms with Gasteiger partial charge in [0.2, 0.25) is 0 Å². The predicted molar refractivity (Wildman–Crippen MR) is 91.0 cm³/mol. The quantitative estimate of drug-likeness (QED) is 0.616. The zero-order valence-electron chi connectivity index (χ0n) is 12.3. The molecule has 2 aromatic carbocycles. The van der Waals surface area contributed by atoms with Gasteiger partial charge in [0, 0.05) is 4.47 Å². The first-order valence-corrected chi connectivity index (χ1v) is 8.59. The van der Waals surface area contributed by atoms with Crippen LogP contribution in [0, 0.1) is 0 Å². The molecule has 110 valence electrons. The van der Waals surface area contributed by atoms with Crippen molar-refractivity contribution in [1.82, 2.24) is 0 Å². The van der Waals surface area contributed by atoms with E-state index in [1.54, 1.807) is 11.1 Å². The van der Waals surface area contributed by atoms with Gasteiger partial charge in [-0.25, -0.2) is 0 Å². The summed E-state index contributed by atoms with van der Waals surface area (Å²) >= 11 is 3.43. The van der Waals surface area contributed by atoms with E-state index in [-0.39, 0.29) is 0 Å². The van der Waals surface area contributed by atoms with Gasteiger partial charge in [0.25, 0.3) is 0 Å². The monoisotopic (exact) mass is 344 g/mol. The number of aryl methyl sites for hydroxylation is 3. The molecule has 0 saturated heterocycles. The highest BCUT2D eigenvalue weighted by Gasteiger charge is 2.12. The van der Waals surface area contributed by atoms with E-state index in [0.717, 1.165) is 23.2 Å². The number of halogens is 1. The highest BCUT2D eigenvalue weighted by Crippen LogP contribution is 2.24. The normalized spacial score (nSPS) is 12.6. The fourth-order valence-corrected chi connectivity index (χ4v) is 3.00. The summed E-state index contributed by atoms with van der Waals surface area (Å²) in [6.07, 6.45) is 7.37. The molecule has 0 N–H and O–H groups in total. The first-order valence-electron chi connectivity index (χ1n) is 7.80. The topological polar surface area (TPSA) is 9.23 Å². The Labute approximate surface area is 135 Å². The maximum Gasteiger partial charge on any atom is 0.119 e. The molecule has 0 bridgehead atoms. The highest BCUT2D eigenvalue weighted by molar-refractivity contribution is 9.10. The summed E-state index contributed by atoms with van der Waals surface area (Å²) in [5, 5.41) is 0. The summed E-state index contributed by atoms with van der Waals surface area (Å²) in [6, 6.07) is 15.1. The Morgan fingerprint density at radius 3 is 2.38 bits per heavy atom. The van der Waals surface area contributed by atoms with Crippen LogP contribution >= 0.6 is 15.9 Å². The van der Waals surface area contributed by atoms with Crippen LogP contribution in [-0.2, 0) is 19.3 Å². The van der Waals surface area contributed by atoms with Gasteiger partial charge in [-0.2, -0.15) is 0 Å². The molecule has 0 atom stereocenters. The van der Waals surface area contributed by atoms with Gasteiger partial charge < -0.3 is 4.74 Å². The van der Waals surface area contributed by atoms with Gasteiger partial charge in [-0.3, -0.25) is 0 Å². The van der Waals surface area contributed by atoms with Crippen molar-refractivity contribution in [3.8, 4) is 5.75 Å². The van der Waals surface area contributed by atoms with E-state index in [1.165, 1.54) is 37.7 Å². The zero-order valence-corrected chi connectivity index (χ0v) is 13.9. The van der Waals surface area contributed by atoms with Crippen LogP contribution in [0.1, 0.15) is 36.0 Å². The minimum absolute atomic E-state index is 0.811. The van der Waals surface area contributed by atoms with Crippen molar-refractivity contribution in [2.75, 3.05) is 6.61 Å². The largest absolute Gasteiger partial charge is 0.494 e. The molecule has 2 heteroatoms. The number of ether oxygens (including phenoxy) is 1. The average Bonchev–Trinajstić information content (AvgIpc) is 2.47. The van der Waals surface area contributed by atoms with Crippen LogP contribution in [0.25, 0.3) is 0 Å². The molecule has 0 aliphatic heterocycles. The van der Waals surface area contributed by atoms with Crippen molar-refractivity contribution in [2.24, 2.45) is 0 Å². The van der Waals surface area contributed by atoms with Crippen LogP contribution in [0.3, 0.4) is 0 Å². The number of hydrogen-bond donors (Lipinski definition) is 0. The van der Waals surface area contributed by atoms with Gasteiger partial charge >= 0.3 is 0 Å². The van der Waals surface area contributed by atoms with Crippen LogP contribution < -0.4 is 4.74 Å². The van der Waals surface area contributed by atoms with E-state index in [9.17, 15) is 0 Å². The molecule has 0 saturated carbocycles. The summed E-state index contributed by atoms with van der Waals surface area (Å²) in [7, 11) is 0. The second-order valence-electron chi connectivity index (χ2n) is 5.72. The van der Waals surface area contributed by atoms with E-state index in [0.29, 0.717) is 0 Å². The van der Waals surface area contributed by atoms with Crippen molar-refractivity contribution < 1.29 is 4.74 Å². The van der Waals surface area contributed by atoms with Gasteiger partial charge in [-0.1, -0.05) is 34.1 Å². The number of rotatable bonds is 7. The van der Waals surface area contributed by atoms with Crippen LogP contribution in [-0.4, -0.2) is 6.61 Å². The first kappa shape index (κ1) is 14.6. The van der Waals surface area contributed by atoms with Gasteiger partial charge in [0.15, 0.2) is 0 Å². The van der Waals surface area contributed by atoms with Crippen LogP contribution in [0.4, 0.5) is 0 Å². The summed E-state index contributed by atoms with van der Waals surface area (Å²) in [5.74, 6) is 0.959. The summed E-state index contributed by atoms with van der Waals surface area (Å²) in [4.78, 5) is 0. The maximum atomic E-state index is 5.74. The Morgan fingerprint density at radius 2 is 1.67 bits per heavy atom. The number of fused-ring (bicyclic) bond motifs is 1. The van der Waals surface area contributed by atoms with E-state index >= 15 is 0 Å². The molecule has 0 heterocycles. The molecule has 2 aromatic rings. The lowest BCUT2D eigenvalue weighted by Gasteiger charge is -2.19. The van der Waals surface area contributed by atoms with Crippen LogP contribution in [0.5, 0.6) is 5.75 Å². The highest BCUT2D eigenvalue weighted by atomic mass is 79.9. The van der Waals surface area contributed by atoms with Crippen molar-refractivity contribution >= 4 is 15.9 Å². The van der Waals surface area contributed by atoms with Crippen molar-refractivity contribution in [2.45, 2.75) is 38.5 Å². The third-order valence-corrected chi connectivity index (χ3v) is 4.66. The minimum atomic E-state index is 0.811. The third-order valence-electron chi connectivity index (χ3n) is 4.13. The molecule has 0 radical (unpaired) electrons. The van der Waals surface area contributed by atoms with Crippen LogP contribution in [0.15, 0.2) is 46.9 Å². The number of unbranched alkanes of at least 4 members (excludes halogenated alkanes) is 2. The Morgan fingerprint density at radius 1 is 0.857 bits per heavy atom. The molecule has 3 rings (SSSR count). The third kappa shape index (κ3) is 4.10. The fourth-order valence-electron chi connectivity index (χ4n) is 2.73. The average molecular weight is 345 g/mol. The molecular weight excluding hydrogens is 324 g/mol. The smallest absolute Gasteiger partial charge is 0.119 e. The molecule has 1 aliphatic rings. The molecule has 0 aromatic heterocycles. The maximum absolute atomic E-state index is 5.74. The molecule has 0 fully saturated rings. The second-order valence-corrected chi connectivity index (χ2v) is 6.63. The molecule has 1 aliphatic carbocycles. The van der Waals surface area contributed by atoms with Crippen molar-refractivity contribution in [1.29, 1.82) is 0 Å². The molecule has 1 nitrogen and oxygen atoms in total. The first-order chi connectivity index (χ1) is 10.3. The Balaban J connectivity index is 1.31. The summed E-state index contributed by atoms with van der Waals surface area (Å²) < 4.78 is 6.83. The number of hydrogen-bond acceptors (Lipinski definition) is 1. The predicted octanol–water partition coefficient (Wildman–Crippen LogP) is 5.34. The summed E-state index contributed by atoms with van der Waals surface area (Å²) in [6.45, 7) is 0.811. The second kappa shape index (κ2) is 7.13. The number of benzene rings is 2. The summed E-state index contributed by atoms with van der Waals surface area (Å²) in [5.41, 5.74) is 4.63. The molecular formula is C19H21BrO. The molecule has 21 heavy (non-hydrogen) atoms. The molecule has 0 unspecified atom stereocenters. The van der Waals surface area contributed by atoms with Gasteiger partial charge in [-0.15, -0.1) is 0 Å². The van der Waals surface area contributed by atoms with E-state index in [1.807, 2.05) is 24.3 Å². The lowest BCUT2D eigenvalue weighted by atomic mass is 9.86. The van der Waals surface area contributed by atoms with Crippen molar-refractivity contribution in [3.63, 3.8) is 0 Å². The van der Waals surface area contributed by atoms with Gasteiger partial charge in [-0.05, 0) is 79.5 Å². The van der Waals surface area contributed by atoms with Crippen LogP contribution in [0.2, 0.25) is 0 Å². The Kier molecular flexibility index (Phi) is 4.97. The standard InChI is InChI=1S/C19H21BrO/c20-18-9-11-19(12-10-18)21-13-3-1-2-4-15-5-6-16-7-8-17(16)14-15/h5-6,9-12,14H,1-4,7-8,13H2. The lowest BCUT2D eigenvalue weighted by Crippen LogP contribution is -2.08. The fraction of sp³-hybridized carbons (Fsp3) is 0.368. The Hall–Kier alpha value is -1.28. The Bertz CT molecular complexity index is 589. The zero-order chi connectivity index (χ0) is 14.5. The van der Waals surface area contributed by atoms with E-state index < -0.39 is 0 Å².